The van der Waals surface area contributed by atoms with E-state index in [-0.39, 0.29) is 0 Å². The molecular formula is C17H19BrN2. The second-order valence-electron chi connectivity index (χ2n) is 5.26. The predicted octanol–water partition coefficient (Wildman–Crippen LogP) is 4.38. The van der Waals surface area contributed by atoms with E-state index >= 15 is 0 Å². The summed E-state index contributed by atoms with van der Waals surface area (Å²) < 4.78 is 1.09. The van der Waals surface area contributed by atoms with Gasteiger partial charge in [-0.25, -0.2) is 0 Å². The number of benzene rings is 2. The van der Waals surface area contributed by atoms with E-state index in [9.17, 15) is 0 Å². The van der Waals surface area contributed by atoms with Gasteiger partial charge in [-0.2, -0.15) is 0 Å². The Hall–Kier alpha value is -1.32. The monoisotopic (exact) mass is 330 g/mol. The summed E-state index contributed by atoms with van der Waals surface area (Å²) in [6, 6.07) is 15.2. The molecule has 1 heterocycles. The Bertz CT molecular complexity index is 610. The van der Waals surface area contributed by atoms with Gasteiger partial charge in [0, 0.05) is 28.9 Å². The molecule has 20 heavy (non-hydrogen) atoms. The lowest BCUT2D eigenvalue weighted by Gasteiger charge is -2.26. The minimum atomic E-state index is 0.571. The van der Waals surface area contributed by atoms with Gasteiger partial charge in [-0.15, -0.1) is 0 Å². The van der Waals surface area contributed by atoms with Crippen LogP contribution in [0.25, 0.3) is 0 Å². The first kappa shape index (κ1) is 13.7. The lowest BCUT2D eigenvalue weighted by Crippen LogP contribution is -2.18. The van der Waals surface area contributed by atoms with Gasteiger partial charge in [0.25, 0.3) is 0 Å². The first-order chi connectivity index (χ1) is 9.78. The summed E-state index contributed by atoms with van der Waals surface area (Å²) >= 11 is 3.60. The summed E-state index contributed by atoms with van der Waals surface area (Å²) in [4.78, 5) is 2.42. The highest BCUT2D eigenvalue weighted by atomic mass is 79.9. The molecule has 0 radical (unpaired) electrons. The van der Waals surface area contributed by atoms with Gasteiger partial charge in [-0.3, -0.25) is 0 Å². The molecule has 0 amide bonds. The van der Waals surface area contributed by atoms with E-state index in [1.54, 1.807) is 0 Å². The van der Waals surface area contributed by atoms with Gasteiger partial charge >= 0.3 is 0 Å². The van der Waals surface area contributed by atoms with Crippen LogP contribution in [0, 0.1) is 0 Å². The fourth-order valence-electron chi connectivity index (χ4n) is 2.87. The first-order valence-electron chi connectivity index (χ1n) is 7.13. The zero-order valence-electron chi connectivity index (χ0n) is 11.5. The number of rotatable bonds is 2. The highest BCUT2D eigenvalue weighted by Gasteiger charge is 2.16. The molecule has 0 aliphatic carbocycles. The highest BCUT2D eigenvalue weighted by Crippen LogP contribution is 2.34. The summed E-state index contributed by atoms with van der Waals surface area (Å²) in [5, 5.41) is 0. The molecule has 2 aromatic rings. The van der Waals surface area contributed by atoms with Crippen molar-refractivity contribution < 1.29 is 0 Å². The third-order valence-electron chi connectivity index (χ3n) is 3.85. The molecule has 2 N–H and O–H groups in total. The number of nitrogens with two attached hydrogens (primary N) is 1. The van der Waals surface area contributed by atoms with Gasteiger partial charge in [0.2, 0.25) is 0 Å². The van der Waals surface area contributed by atoms with E-state index in [0.29, 0.717) is 6.54 Å². The molecule has 1 aliphatic heterocycles. The van der Waals surface area contributed by atoms with Crippen molar-refractivity contribution in [3.05, 3.63) is 58.1 Å². The summed E-state index contributed by atoms with van der Waals surface area (Å²) in [6.07, 6.45) is 3.65. The molecule has 0 aromatic heterocycles. The van der Waals surface area contributed by atoms with Crippen molar-refractivity contribution in [3.8, 4) is 0 Å². The summed E-state index contributed by atoms with van der Waals surface area (Å²) in [5.74, 6) is 0. The number of para-hydroxylation sites is 1. The van der Waals surface area contributed by atoms with Gasteiger partial charge in [-0.1, -0.05) is 34.1 Å². The Kier molecular flexibility index (Phi) is 4.08. The van der Waals surface area contributed by atoms with Crippen LogP contribution in [0.4, 0.5) is 11.4 Å². The van der Waals surface area contributed by atoms with Crippen molar-refractivity contribution in [1.29, 1.82) is 0 Å². The minimum absolute atomic E-state index is 0.571. The Labute approximate surface area is 128 Å². The topological polar surface area (TPSA) is 29.3 Å². The summed E-state index contributed by atoms with van der Waals surface area (Å²) in [7, 11) is 0. The largest absolute Gasteiger partial charge is 0.341 e. The van der Waals surface area contributed by atoms with Crippen LogP contribution in [0.3, 0.4) is 0 Å². The zero-order chi connectivity index (χ0) is 13.9. The van der Waals surface area contributed by atoms with Crippen LogP contribution >= 0.6 is 15.9 Å². The van der Waals surface area contributed by atoms with E-state index in [0.717, 1.165) is 16.6 Å². The van der Waals surface area contributed by atoms with Gasteiger partial charge < -0.3 is 10.6 Å². The molecule has 0 bridgehead atoms. The van der Waals surface area contributed by atoms with Crippen molar-refractivity contribution >= 4 is 27.3 Å². The molecular weight excluding hydrogens is 312 g/mol. The average molecular weight is 331 g/mol. The van der Waals surface area contributed by atoms with Crippen molar-refractivity contribution in [2.24, 2.45) is 5.73 Å². The van der Waals surface area contributed by atoms with Crippen LogP contribution in [0.15, 0.2) is 46.9 Å². The van der Waals surface area contributed by atoms with Gasteiger partial charge in [-0.05, 0) is 54.7 Å². The third-order valence-corrected chi connectivity index (χ3v) is 4.31. The third kappa shape index (κ3) is 2.74. The van der Waals surface area contributed by atoms with Crippen LogP contribution in [-0.4, -0.2) is 6.54 Å². The van der Waals surface area contributed by atoms with Gasteiger partial charge in [0.1, 0.15) is 0 Å². The van der Waals surface area contributed by atoms with Crippen molar-refractivity contribution in [2.75, 3.05) is 11.4 Å². The summed E-state index contributed by atoms with van der Waals surface area (Å²) in [5.41, 5.74) is 11.0. The SMILES string of the molecule is NCc1cc(Br)cc(N2CCCCc3ccccc32)c1. The van der Waals surface area contributed by atoms with Crippen LogP contribution < -0.4 is 10.6 Å². The molecule has 104 valence electrons. The number of hydrogen-bond acceptors (Lipinski definition) is 2. The zero-order valence-corrected chi connectivity index (χ0v) is 13.1. The highest BCUT2D eigenvalue weighted by molar-refractivity contribution is 9.10. The lowest BCUT2D eigenvalue weighted by molar-refractivity contribution is 0.761. The van der Waals surface area contributed by atoms with Crippen LogP contribution in [0.1, 0.15) is 24.0 Å². The standard InChI is InChI=1S/C17H19BrN2/c18-15-9-13(12-19)10-16(11-15)20-8-4-3-6-14-5-1-2-7-17(14)20/h1-2,5,7,9-11H,3-4,6,8,12,19H2. The molecule has 2 nitrogen and oxygen atoms in total. The minimum Gasteiger partial charge on any atom is -0.341 e. The van der Waals surface area contributed by atoms with Gasteiger partial charge in [0.05, 0.1) is 0 Å². The van der Waals surface area contributed by atoms with E-state index in [1.807, 2.05) is 0 Å². The average Bonchev–Trinajstić information content (AvgIpc) is 2.69. The molecule has 0 saturated carbocycles. The number of nitrogens with zero attached hydrogens (tertiary/aromatic N) is 1. The Morgan fingerprint density at radius 1 is 1.10 bits per heavy atom. The number of aryl methyl sites for hydroxylation is 1. The molecule has 0 saturated heterocycles. The first-order valence-corrected chi connectivity index (χ1v) is 7.92. The molecule has 3 heteroatoms. The normalized spacial score (nSPS) is 14.8. The summed E-state index contributed by atoms with van der Waals surface area (Å²) in [6.45, 7) is 1.64. The fraction of sp³-hybridized carbons (Fsp3) is 0.294. The molecule has 0 atom stereocenters. The Balaban J connectivity index is 2.07. The number of fused-ring (bicyclic) bond motifs is 1. The van der Waals surface area contributed by atoms with E-state index in [1.165, 1.54) is 36.2 Å². The second-order valence-corrected chi connectivity index (χ2v) is 6.17. The Morgan fingerprint density at radius 2 is 1.95 bits per heavy atom. The fourth-order valence-corrected chi connectivity index (χ4v) is 3.40. The lowest BCUT2D eigenvalue weighted by atomic mass is 10.1. The predicted molar refractivity (Wildman–Crippen MR) is 88.4 cm³/mol. The number of halogens is 1. The molecule has 0 fully saturated rings. The second kappa shape index (κ2) is 5.98. The van der Waals surface area contributed by atoms with Crippen LogP contribution in [-0.2, 0) is 13.0 Å². The molecule has 2 aromatic carbocycles. The maximum atomic E-state index is 5.80. The van der Waals surface area contributed by atoms with E-state index in [4.69, 9.17) is 5.73 Å². The Morgan fingerprint density at radius 3 is 2.80 bits per heavy atom. The quantitative estimate of drug-likeness (QED) is 0.885. The maximum Gasteiger partial charge on any atom is 0.0443 e. The molecule has 3 rings (SSSR count). The smallest absolute Gasteiger partial charge is 0.0443 e. The molecule has 1 aliphatic rings. The van der Waals surface area contributed by atoms with Gasteiger partial charge in [0.15, 0.2) is 0 Å². The molecule has 0 unspecified atom stereocenters. The van der Waals surface area contributed by atoms with Crippen molar-refractivity contribution in [3.63, 3.8) is 0 Å². The molecule has 0 spiro atoms. The van der Waals surface area contributed by atoms with E-state index < -0.39 is 0 Å². The van der Waals surface area contributed by atoms with Crippen LogP contribution in [0.2, 0.25) is 0 Å². The van der Waals surface area contributed by atoms with E-state index in [2.05, 4.69) is 63.3 Å². The van der Waals surface area contributed by atoms with Crippen molar-refractivity contribution in [1.82, 2.24) is 0 Å². The number of anilines is 2. The van der Waals surface area contributed by atoms with Crippen LogP contribution in [0.5, 0.6) is 0 Å². The maximum absolute atomic E-state index is 5.80. The number of hydrogen-bond donors (Lipinski definition) is 1. The van der Waals surface area contributed by atoms with Crippen molar-refractivity contribution in [2.45, 2.75) is 25.8 Å².